The second-order valence-electron chi connectivity index (χ2n) is 6.69. The van der Waals surface area contributed by atoms with Crippen LogP contribution < -0.4 is 0 Å². The molecule has 1 aliphatic heterocycles. The molecule has 0 bridgehead atoms. The van der Waals surface area contributed by atoms with Gasteiger partial charge in [0, 0.05) is 12.5 Å². The van der Waals surface area contributed by atoms with Gasteiger partial charge < -0.3 is 9.16 Å². The lowest BCUT2D eigenvalue weighted by molar-refractivity contribution is -0.185. The molecule has 0 aromatic carbocycles. The fourth-order valence-electron chi connectivity index (χ4n) is 1.75. The molecule has 0 saturated carbocycles. The molecule has 0 aromatic rings. The summed E-state index contributed by atoms with van der Waals surface area (Å²) in [6.45, 7) is 15.2. The Morgan fingerprint density at radius 2 is 1.94 bits per heavy atom. The predicted octanol–water partition coefficient (Wildman–Crippen LogP) is 3.35. The average Bonchev–Trinajstić information content (AvgIpc) is 2.14. The van der Waals surface area contributed by atoms with E-state index < -0.39 is 8.32 Å². The molecule has 17 heavy (non-hydrogen) atoms. The summed E-state index contributed by atoms with van der Waals surface area (Å²) in [7, 11) is -1.70. The molecule has 1 aliphatic rings. The first kappa shape index (κ1) is 14.7. The first-order valence-electron chi connectivity index (χ1n) is 6.43. The minimum absolute atomic E-state index is 0.0421. The Morgan fingerprint density at radius 3 is 2.29 bits per heavy atom. The van der Waals surface area contributed by atoms with Gasteiger partial charge in [-0.2, -0.15) is 0 Å². The summed E-state index contributed by atoms with van der Waals surface area (Å²) < 4.78 is 11.4. The number of hydrogen-bond acceptors (Lipinski definition) is 3. The summed E-state index contributed by atoms with van der Waals surface area (Å²) in [5, 5.41) is 0.225. The van der Waals surface area contributed by atoms with Gasteiger partial charge in [-0.3, -0.25) is 4.79 Å². The fraction of sp³-hybridized carbons (Fsp3) is 0.923. The molecule has 1 saturated heterocycles. The van der Waals surface area contributed by atoms with Gasteiger partial charge in [0.1, 0.15) is 6.10 Å². The van der Waals surface area contributed by atoms with E-state index in [0.29, 0.717) is 0 Å². The Hall–Kier alpha value is -0.353. The molecule has 1 rings (SSSR count). The lowest BCUT2D eigenvalue weighted by Gasteiger charge is -2.40. The quantitative estimate of drug-likeness (QED) is 0.573. The Bertz CT molecular complexity index is 294. The summed E-state index contributed by atoms with van der Waals surface area (Å²) >= 11 is 0. The van der Waals surface area contributed by atoms with E-state index in [4.69, 9.17) is 9.16 Å². The summed E-state index contributed by atoms with van der Waals surface area (Å²) in [4.78, 5) is 11.0. The molecule has 0 aliphatic carbocycles. The highest BCUT2D eigenvalue weighted by Crippen LogP contribution is 2.38. The largest absolute Gasteiger partial charge is 0.461 e. The van der Waals surface area contributed by atoms with Crippen LogP contribution in [0.2, 0.25) is 18.1 Å². The van der Waals surface area contributed by atoms with Crippen molar-refractivity contribution < 1.29 is 14.0 Å². The van der Waals surface area contributed by atoms with Crippen LogP contribution in [-0.4, -0.2) is 26.5 Å². The number of ether oxygens (including phenoxy) is 1. The summed E-state index contributed by atoms with van der Waals surface area (Å²) in [6.07, 6.45) is 1.04. The van der Waals surface area contributed by atoms with Crippen molar-refractivity contribution in [2.24, 2.45) is 5.92 Å². The highest BCUT2D eigenvalue weighted by molar-refractivity contribution is 6.74. The number of carbonyl (C=O) groups excluding carboxylic acids is 1. The number of carbonyl (C=O) groups is 1. The zero-order valence-corrected chi connectivity index (χ0v) is 13.2. The van der Waals surface area contributed by atoms with Gasteiger partial charge in [-0.05, 0) is 32.0 Å². The number of esters is 1. The van der Waals surface area contributed by atoms with Crippen molar-refractivity contribution in [3.63, 3.8) is 0 Å². The van der Waals surface area contributed by atoms with Gasteiger partial charge in [-0.15, -0.1) is 0 Å². The van der Waals surface area contributed by atoms with E-state index in [1.807, 2.05) is 6.92 Å². The lowest BCUT2D eigenvalue weighted by Crippen LogP contribution is -2.48. The maximum Gasteiger partial charge on any atom is 0.312 e. The molecule has 0 unspecified atom stereocenters. The van der Waals surface area contributed by atoms with Gasteiger partial charge >= 0.3 is 5.97 Å². The molecule has 3 nitrogen and oxygen atoms in total. The van der Waals surface area contributed by atoms with Gasteiger partial charge in [0.15, 0.2) is 8.32 Å². The maximum atomic E-state index is 11.0. The Kier molecular flexibility index (Phi) is 4.09. The molecule has 0 amide bonds. The zero-order chi connectivity index (χ0) is 13.4. The molecule has 3 atom stereocenters. The van der Waals surface area contributed by atoms with Gasteiger partial charge in [-0.25, -0.2) is 0 Å². The summed E-state index contributed by atoms with van der Waals surface area (Å²) in [6, 6.07) is 0. The lowest BCUT2D eigenvalue weighted by atomic mass is 9.95. The van der Waals surface area contributed by atoms with Crippen molar-refractivity contribution in [2.75, 3.05) is 0 Å². The molecule has 100 valence electrons. The van der Waals surface area contributed by atoms with Crippen molar-refractivity contribution in [2.45, 2.75) is 71.4 Å². The minimum Gasteiger partial charge on any atom is -0.461 e. The predicted molar refractivity (Wildman–Crippen MR) is 71.4 cm³/mol. The third-order valence-corrected chi connectivity index (χ3v) is 8.67. The van der Waals surface area contributed by atoms with Crippen LogP contribution in [0, 0.1) is 5.92 Å². The average molecular weight is 258 g/mol. The molecule has 0 radical (unpaired) electrons. The highest BCUT2D eigenvalue weighted by Gasteiger charge is 2.42. The summed E-state index contributed by atoms with van der Waals surface area (Å²) in [5.74, 6) is -0.0324. The van der Waals surface area contributed by atoms with Crippen LogP contribution in [-0.2, 0) is 14.0 Å². The topological polar surface area (TPSA) is 35.5 Å². The van der Waals surface area contributed by atoms with Crippen LogP contribution in [0.4, 0.5) is 0 Å². The van der Waals surface area contributed by atoms with E-state index in [1.165, 1.54) is 0 Å². The number of rotatable bonds is 4. The molecular formula is C13H26O3Si. The third kappa shape index (κ3) is 3.32. The fourth-order valence-corrected chi connectivity index (χ4v) is 3.20. The zero-order valence-electron chi connectivity index (χ0n) is 12.2. The smallest absolute Gasteiger partial charge is 0.312 e. The van der Waals surface area contributed by atoms with Crippen LogP contribution in [0.25, 0.3) is 0 Å². The second-order valence-corrected chi connectivity index (χ2v) is 11.4. The number of hydrogen-bond donors (Lipinski definition) is 0. The van der Waals surface area contributed by atoms with Gasteiger partial charge in [-0.1, -0.05) is 20.8 Å². The molecular weight excluding hydrogens is 232 g/mol. The van der Waals surface area contributed by atoms with Crippen molar-refractivity contribution in [1.29, 1.82) is 0 Å². The van der Waals surface area contributed by atoms with E-state index in [9.17, 15) is 4.79 Å². The second kappa shape index (κ2) is 4.73. The molecule has 0 spiro atoms. The standard InChI is InChI=1S/C13H26O3Si/c1-9(8-11-10(2)12(14)15-11)16-17(6,7)13(3,4)5/h9-11H,8H2,1-7H3/t9-,10+,11-/m1/s1. The number of cyclic esters (lactones) is 1. The molecule has 0 aromatic heterocycles. The van der Waals surface area contributed by atoms with Crippen molar-refractivity contribution >= 4 is 14.3 Å². The highest BCUT2D eigenvalue weighted by atomic mass is 28.4. The van der Waals surface area contributed by atoms with Crippen LogP contribution in [0.3, 0.4) is 0 Å². The first-order valence-corrected chi connectivity index (χ1v) is 9.34. The molecule has 1 heterocycles. The van der Waals surface area contributed by atoms with Crippen LogP contribution in [0.15, 0.2) is 0 Å². The van der Waals surface area contributed by atoms with Gasteiger partial charge in [0.2, 0.25) is 0 Å². The monoisotopic (exact) mass is 258 g/mol. The van der Waals surface area contributed by atoms with E-state index in [0.717, 1.165) is 6.42 Å². The van der Waals surface area contributed by atoms with Gasteiger partial charge in [0.05, 0.1) is 5.92 Å². The Labute approximate surface area is 106 Å². The Morgan fingerprint density at radius 1 is 1.41 bits per heavy atom. The maximum absolute atomic E-state index is 11.0. The van der Waals surface area contributed by atoms with Crippen LogP contribution in [0.1, 0.15) is 41.0 Å². The SMILES string of the molecule is C[C@H](C[C@H]1OC(=O)[C@H]1C)O[Si](C)(C)C(C)(C)C. The van der Waals surface area contributed by atoms with E-state index in [1.54, 1.807) is 0 Å². The van der Waals surface area contributed by atoms with Crippen LogP contribution in [0.5, 0.6) is 0 Å². The van der Waals surface area contributed by atoms with E-state index >= 15 is 0 Å². The molecule has 4 heteroatoms. The molecule has 1 fully saturated rings. The summed E-state index contributed by atoms with van der Waals surface area (Å²) in [5.41, 5.74) is 0. The van der Waals surface area contributed by atoms with Crippen molar-refractivity contribution in [3.8, 4) is 0 Å². The third-order valence-electron chi connectivity index (χ3n) is 4.06. The van der Waals surface area contributed by atoms with E-state index in [2.05, 4.69) is 40.8 Å². The minimum atomic E-state index is -1.70. The van der Waals surface area contributed by atoms with E-state index in [-0.39, 0.29) is 29.1 Å². The van der Waals surface area contributed by atoms with Gasteiger partial charge in [0.25, 0.3) is 0 Å². The van der Waals surface area contributed by atoms with Crippen LogP contribution >= 0.6 is 0 Å². The first-order chi connectivity index (χ1) is 7.54. The van der Waals surface area contributed by atoms with Crippen molar-refractivity contribution in [1.82, 2.24) is 0 Å². The van der Waals surface area contributed by atoms with Crippen molar-refractivity contribution in [3.05, 3.63) is 0 Å². The normalized spacial score (nSPS) is 27.4. The molecule has 0 N–H and O–H groups in total. The Balaban J connectivity index is 2.45.